The SMILES string of the molecule is O=[N+]([O-])c1ccc(N=NC(=NNc2ccc(I)cc2)c2ccc(S(=O)(=O)O)cc2S(=O)(=O)O)c([N+](=O)[O-])c1. The first-order valence-corrected chi connectivity index (χ1v) is 13.7. The summed E-state index contributed by atoms with van der Waals surface area (Å²) < 4.78 is 66.9. The molecule has 0 heterocycles. The first kappa shape index (κ1) is 28.6. The first-order valence-electron chi connectivity index (χ1n) is 9.70. The van der Waals surface area contributed by atoms with Crippen LogP contribution in [0, 0.1) is 23.8 Å². The quantitative estimate of drug-likeness (QED) is 0.0581. The summed E-state index contributed by atoms with van der Waals surface area (Å²) >= 11 is 2.05. The van der Waals surface area contributed by atoms with Crippen molar-refractivity contribution < 1.29 is 35.8 Å². The number of nitrogens with one attached hydrogen (secondary N) is 1. The summed E-state index contributed by atoms with van der Waals surface area (Å²) in [6.07, 6.45) is 0. The van der Waals surface area contributed by atoms with E-state index in [9.17, 15) is 46.2 Å². The van der Waals surface area contributed by atoms with Gasteiger partial charge in [0, 0.05) is 15.2 Å². The molecule has 0 aliphatic heterocycles. The predicted molar refractivity (Wildman–Crippen MR) is 140 cm³/mol. The van der Waals surface area contributed by atoms with E-state index in [4.69, 9.17) is 0 Å². The number of azo groups is 1. The number of non-ortho nitro benzene ring substituents is 1. The molecular formula is C19H13IN6O10S2. The van der Waals surface area contributed by atoms with E-state index in [1.54, 1.807) is 24.3 Å². The maximum Gasteiger partial charge on any atom is 0.303 e. The molecule has 19 heteroatoms. The summed E-state index contributed by atoms with van der Waals surface area (Å²) in [5.41, 5.74) is 0.558. The molecule has 0 aromatic heterocycles. The van der Waals surface area contributed by atoms with Crippen LogP contribution in [0.1, 0.15) is 5.56 Å². The Hall–Kier alpha value is -3.92. The Bertz CT molecular complexity index is 1710. The number of nitro groups is 2. The van der Waals surface area contributed by atoms with Crippen molar-refractivity contribution in [2.24, 2.45) is 15.3 Å². The van der Waals surface area contributed by atoms with Crippen molar-refractivity contribution in [1.29, 1.82) is 0 Å². The van der Waals surface area contributed by atoms with Crippen molar-refractivity contribution in [3.8, 4) is 0 Å². The van der Waals surface area contributed by atoms with Crippen LogP contribution in [0.15, 0.2) is 85.8 Å². The average Bonchev–Trinajstić information content (AvgIpc) is 2.83. The van der Waals surface area contributed by atoms with Crippen LogP contribution in [-0.2, 0) is 20.2 Å². The molecule has 0 amide bonds. The summed E-state index contributed by atoms with van der Waals surface area (Å²) in [7, 11) is -10.0. The van der Waals surface area contributed by atoms with Crippen molar-refractivity contribution in [1.82, 2.24) is 0 Å². The van der Waals surface area contributed by atoms with Gasteiger partial charge in [-0.2, -0.15) is 21.9 Å². The molecule has 0 saturated carbocycles. The Kier molecular flexibility index (Phi) is 8.46. The predicted octanol–water partition coefficient (Wildman–Crippen LogP) is 4.16. The average molecular weight is 676 g/mol. The molecule has 3 aromatic carbocycles. The number of nitro benzene ring substituents is 2. The highest BCUT2D eigenvalue weighted by molar-refractivity contribution is 14.1. The minimum atomic E-state index is -5.14. The number of nitrogens with zero attached hydrogens (tertiary/aromatic N) is 5. The summed E-state index contributed by atoms with van der Waals surface area (Å²) in [6, 6.07) is 11.2. The third-order valence-corrected chi connectivity index (χ3v) is 6.99. The summed E-state index contributed by atoms with van der Waals surface area (Å²) in [6.45, 7) is 0. The van der Waals surface area contributed by atoms with Gasteiger partial charge in [-0.05, 0) is 71.1 Å². The van der Waals surface area contributed by atoms with Crippen LogP contribution < -0.4 is 5.43 Å². The number of hydrogen-bond acceptors (Lipinski definition) is 11. The van der Waals surface area contributed by atoms with E-state index >= 15 is 0 Å². The largest absolute Gasteiger partial charge is 0.303 e. The lowest BCUT2D eigenvalue weighted by molar-refractivity contribution is -0.393. The van der Waals surface area contributed by atoms with Gasteiger partial charge in [-0.25, -0.2) is 0 Å². The minimum absolute atomic E-state index is 0.377. The molecule has 3 rings (SSSR count). The van der Waals surface area contributed by atoms with Crippen LogP contribution in [0.2, 0.25) is 0 Å². The molecule has 0 spiro atoms. The number of rotatable bonds is 8. The molecule has 0 aliphatic rings. The van der Waals surface area contributed by atoms with Crippen LogP contribution in [-0.4, -0.2) is 41.6 Å². The lowest BCUT2D eigenvalue weighted by Crippen LogP contribution is -2.11. The Morgan fingerprint density at radius 3 is 2.08 bits per heavy atom. The molecular weight excluding hydrogens is 663 g/mol. The fraction of sp³-hybridized carbons (Fsp3) is 0. The highest BCUT2D eigenvalue weighted by atomic mass is 127. The molecule has 0 bridgehead atoms. The van der Waals surface area contributed by atoms with Crippen LogP contribution in [0.3, 0.4) is 0 Å². The fourth-order valence-corrected chi connectivity index (χ4v) is 4.45. The van der Waals surface area contributed by atoms with Crippen molar-refractivity contribution >= 4 is 71.4 Å². The number of hydrazone groups is 1. The van der Waals surface area contributed by atoms with Crippen LogP contribution in [0.4, 0.5) is 22.7 Å². The molecule has 0 aliphatic carbocycles. The van der Waals surface area contributed by atoms with E-state index in [0.717, 1.165) is 27.8 Å². The van der Waals surface area contributed by atoms with Gasteiger partial charge in [-0.3, -0.25) is 34.8 Å². The van der Waals surface area contributed by atoms with Gasteiger partial charge in [0.1, 0.15) is 4.90 Å². The summed E-state index contributed by atoms with van der Waals surface area (Å²) in [4.78, 5) is 18.7. The van der Waals surface area contributed by atoms with Gasteiger partial charge in [0.05, 0.1) is 26.5 Å². The molecule has 0 atom stereocenters. The van der Waals surface area contributed by atoms with Crippen LogP contribution >= 0.6 is 22.6 Å². The minimum Gasteiger partial charge on any atom is -0.282 e. The monoisotopic (exact) mass is 676 g/mol. The van der Waals surface area contributed by atoms with E-state index in [-0.39, 0.29) is 0 Å². The van der Waals surface area contributed by atoms with E-state index in [0.29, 0.717) is 17.8 Å². The van der Waals surface area contributed by atoms with Gasteiger partial charge in [0.2, 0.25) is 5.84 Å². The topological polar surface area (TPSA) is 244 Å². The number of halogens is 1. The second-order valence-corrected chi connectivity index (χ2v) is 11.1. The van der Waals surface area contributed by atoms with E-state index in [1.165, 1.54) is 0 Å². The van der Waals surface area contributed by atoms with Gasteiger partial charge in [-0.1, -0.05) is 0 Å². The van der Waals surface area contributed by atoms with Crippen molar-refractivity contribution in [3.63, 3.8) is 0 Å². The molecule has 0 radical (unpaired) electrons. The molecule has 0 saturated heterocycles. The van der Waals surface area contributed by atoms with Gasteiger partial charge in [0.25, 0.3) is 25.9 Å². The van der Waals surface area contributed by atoms with Gasteiger partial charge < -0.3 is 0 Å². The smallest absolute Gasteiger partial charge is 0.282 e. The Labute approximate surface area is 227 Å². The molecule has 16 nitrogen and oxygen atoms in total. The number of benzene rings is 3. The van der Waals surface area contributed by atoms with Gasteiger partial charge in [-0.15, -0.1) is 10.2 Å². The Morgan fingerprint density at radius 1 is 0.868 bits per heavy atom. The molecule has 0 fully saturated rings. The van der Waals surface area contributed by atoms with E-state index in [1.807, 2.05) is 22.6 Å². The lowest BCUT2D eigenvalue weighted by Gasteiger charge is -2.09. The standard InChI is InChI=1S/C19H13IN6O10S2/c20-11-1-3-12(4-2-11)21-23-19(15-7-6-14(37(31,32)33)10-18(15)38(34,35)36)24-22-16-8-5-13(25(27)28)9-17(16)26(29)30/h1-10,21H,(H,31,32,33)(H,34,35,36). The second-order valence-electron chi connectivity index (χ2n) is 7.05. The van der Waals surface area contributed by atoms with Crippen LogP contribution in [0.25, 0.3) is 0 Å². The number of anilines is 1. The molecule has 3 aromatic rings. The van der Waals surface area contributed by atoms with Crippen molar-refractivity contribution in [2.75, 3.05) is 5.43 Å². The third kappa shape index (κ3) is 7.10. The zero-order chi connectivity index (χ0) is 28.3. The highest BCUT2D eigenvalue weighted by Gasteiger charge is 2.24. The fourth-order valence-electron chi connectivity index (χ4n) is 2.80. The lowest BCUT2D eigenvalue weighted by atomic mass is 10.2. The maximum absolute atomic E-state index is 12.0. The Morgan fingerprint density at radius 2 is 1.53 bits per heavy atom. The summed E-state index contributed by atoms with van der Waals surface area (Å²) in [5, 5.41) is 33.7. The number of hydrogen-bond donors (Lipinski definition) is 3. The molecule has 3 N–H and O–H groups in total. The highest BCUT2D eigenvalue weighted by Crippen LogP contribution is 2.32. The van der Waals surface area contributed by atoms with Gasteiger partial charge >= 0.3 is 5.69 Å². The van der Waals surface area contributed by atoms with E-state index in [2.05, 4.69) is 20.8 Å². The van der Waals surface area contributed by atoms with Crippen LogP contribution in [0.5, 0.6) is 0 Å². The molecule has 38 heavy (non-hydrogen) atoms. The van der Waals surface area contributed by atoms with Crippen molar-refractivity contribution in [3.05, 3.63) is 90.0 Å². The Balaban J connectivity index is 2.21. The maximum atomic E-state index is 12.0. The normalized spacial score (nSPS) is 12.4. The van der Waals surface area contributed by atoms with Gasteiger partial charge in [0.15, 0.2) is 5.69 Å². The second kappa shape index (κ2) is 11.2. The zero-order valence-corrected chi connectivity index (χ0v) is 22.2. The van der Waals surface area contributed by atoms with E-state index < -0.39 is 68.3 Å². The van der Waals surface area contributed by atoms with Crippen molar-refractivity contribution in [2.45, 2.75) is 9.79 Å². The zero-order valence-electron chi connectivity index (χ0n) is 18.4. The number of amidine groups is 1. The molecule has 0 unspecified atom stereocenters. The third-order valence-electron chi connectivity index (χ3n) is 4.52. The molecule has 198 valence electrons. The summed E-state index contributed by atoms with van der Waals surface area (Å²) in [5.74, 6) is -0.606. The first-order chi connectivity index (χ1) is 17.7.